The largest absolute Gasteiger partial charge is 0.274 e. The number of nitrogens with zero attached hydrogens (tertiary/aromatic N) is 1. The maximum atomic E-state index is 13.9. The van der Waals surface area contributed by atoms with Crippen LogP contribution in [0, 0.1) is 23.7 Å². The van der Waals surface area contributed by atoms with Gasteiger partial charge in [0, 0.05) is 17.2 Å². The average Bonchev–Trinajstić information content (AvgIpc) is 3.54. The van der Waals surface area contributed by atoms with Crippen molar-refractivity contribution >= 4 is 33.8 Å². The standard InChI is InChI=1S/C32H23NO2/c34-31-29-24-18-19-25(28(24)27(21-11-3-1-4-12-21)22-13-5-2-6-14-22)30(29)32(35)33(31)26-17-9-15-20-10-7-8-16-23(20)26/h1-19,24-25,29-30H/t24-,25+,29-,30+. The molecule has 35 heavy (non-hydrogen) atoms. The summed E-state index contributed by atoms with van der Waals surface area (Å²) in [6.07, 6.45) is 4.32. The Morgan fingerprint density at radius 2 is 1.09 bits per heavy atom. The second-order valence-corrected chi connectivity index (χ2v) is 9.56. The Bertz CT molecular complexity index is 1470. The second-order valence-electron chi connectivity index (χ2n) is 9.56. The minimum absolute atomic E-state index is 0.0724. The molecule has 168 valence electrons. The highest BCUT2D eigenvalue weighted by Crippen LogP contribution is 2.59. The summed E-state index contributed by atoms with van der Waals surface area (Å²) in [5.41, 5.74) is 5.30. The summed E-state index contributed by atoms with van der Waals surface area (Å²) in [7, 11) is 0. The van der Waals surface area contributed by atoms with Crippen LogP contribution in [-0.4, -0.2) is 11.8 Å². The van der Waals surface area contributed by atoms with Gasteiger partial charge in [-0.3, -0.25) is 9.59 Å². The molecule has 2 bridgehead atoms. The van der Waals surface area contributed by atoms with Crippen LogP contribution in [-0.2, 0) is 9.59 Å². The fourth-order valence-corrected chi connectivity index (χ4v) is 6.45. The van der Waals surface area contributed by atoms with E-state index in [-0.39, 0.29) is 35.5 Å². The highest BCUT2D eigenvalue weighted by atomic mass is 16.2. The van der Waals surface area contributed by atoms with E-state index in [4.69, 9.17) is 0 Å². The lowest BCUT2D eigenvalue weighted by molar-refractivity contribution is -0.122. The van der Waals surface area contributed by atoms with Crippen LogP contribution in [0.25, 0.3) is 16.3 Å². The van der Waals surface area contributed by atoms with Gasteiger partial charge in [-0.1, -0.05) is 109 Å². The molecule has 7 rings (SSSR count). The van der Waals surface area contributed by atoms with Gasteiger partial charge >= 0.3 is 0 Å². The van der Waals surface area contributed by atoms with Crippen molar-refractivity contribution < 1.29 is 9.59 Å². The minimum atomic E-state index is -0.353. The lowest BCUT2D eigenvalue weighted by atomic mass is 9.85. The van der Waals surface area contributed by atoms with Gasteiger partial charge in [0.05, 0.1) is 17.5 Å². The van der Waals surface area contributed by atoms with Crippen molar-refractivity contribution in [3.63, 3.8) is 0 Å². The van der Waals surface area contributed by atoms with E-state index in [1.54, 1.807) is 0 Å². The van der Waals surface area contributed by atoms with Crippen LogP contribution in [0.1, 0.15) is 11.1 Å². The van der Waals surface area contributed by atoms with Crippen molar-refractivity contribution in [1.82, 2.24) is 0 Å². The summed E-state index contributed by atoms with van der Waals surface area (Å²) in [4.78, 5) is 29.3. The van der Waals surface area contributed by atoms with Crippen molar-refractivity contribution in [2.24, 2.45) is 23.7 Å². The summed E-state index contributed by atoms with van der Waals surface area (Å²) in [5.74, 6) is -1.01. The van der Waals surface area contributed by atoms with Crippen LogP contribution in [0.3, 0.4) is 0 Å². The van der Waals surface area contributed by atoms with Crippen LogP contribution in [0.4, 0.5) is 5.69 Å². The Balaban J connectivity index is 1.38. The number of hydrogen-bond donors (Lipinski definition) is 0. The smallest absolute Gasteiger partial charge is 0.238 e. The molecule has 0 aromatic heterocycles. The third kappa shape index (κ3) is 2.85. The third-order valence-corrected chi connectivity index (χ3v) is 7.84. The first-order valence-electron chi connectivity index (χ1n) is 12.1. The van der Waals surface area contributed by atoms with Crippen molar-refractivity contribution in [2.75, 3.05) is 4.90 Å². The number of anilines is 1. The van der Waals surface area contributed by atoms with Gasteiger partial charge < -0.3 is 0 Å². The predicted octanol–water partition coefficient (Wildman–Crippen LogP) is 6.26. The number of carbonyl (C=O) groups excluding carboxylic acids is 2. The van der Waals surface area contributed by atoms with Crippen LogP contribution in [0.15, 0.2) is 121 Å². The van der Waals surface area contributed by atoms with Gasteiger partial charge in [-0.2, -0.15) is 0 Å². The first-order valence-corrected chi connectivity index (χ1v) is 12.1. The summed E-state index contributed by atoms with van der Waals surface area (Å²) in [6, 6.07) is 34.5. The first-order chi connectivity index (χ1) is 17.2. The fraction of sp³-hybridized carbons (Fsp3) is 0.125. The van der Waals surface area contributed by atoms with Crippen molar-refractivity contribution in [1.29, 1.82) is 0 Å². The SMILES string of the molecule is O=C1[C@@H]2[C@H](C(=O)N1c1cccc3ccccc13)[C@@H]1C=C[C@H]2C1=C(c1ccccc1)c1ccccc1. The molecule has 3 aliphatic rings. The zero-order valence-electron chi connectivity index (χ0n) is 19.0. The molecule has 3 heteroatoms. The average molecular weight is 454 g/mol. The Hall–Kier alpha value is -4.24. The molecule has 4 aromatic carbocycles. The van der Waals surface area contributed by atoms with Crippen molar-refractivity contribution in [3.8, 4) is 0 Å². The van der Waals surface area contributed by atoms with Gasteiger partial charge in [0.1, 0.15) is 0 Å². The van der Waals surface area contributed by atoms with Crippen LogP contribution < -0.4 is 4.90 Å². The molecule has 0 unspecified atom stereocenters. The number of benzene rings is 4. The van der Waals surface area contributed by atoms with E-state index in [2.05, 4.69) is 36.4 Å². The second kappa shape index (κ2) is 7.64. The molecule has 2 aliphatic carbocycles. The van der Waals surface area contributed by atoms with Gasteiger partial charge in [0.25, 0.3) is 0 Å². The molecular weight excluding hydrogens is 430 g/mol. The molecule has 4 atom stereocenters. The number of allylic oxidation sites excluding steroid dienone is 3. The maximum absolute atomic E-state index is 13.9. The van der Waals surface area contributed by atoms with E-state index < -0.39 is 0 Å². The summed E-state index contributed by atoms with van der Waals surface area (Å²) < 4.78 is 0. The zero-order chi connectivity index (χ0) is 23.5. The molecule has 0 radical (unpaired) electrons. The van der Waals surface area contributed by atoms with Crippen LogP contribution >= 0.6 is 0 Å². The predicted molar refractivity (Wildman–Crippen MR) is 138 cm³/mol. The minimum Gasteiger partial charge on any atom is -0.274 e. The Morgan fingerprint density at radius 3 is 1.69 bits per heavy atom. The molecule has 1 saturated heterocycles. The van der Waals surface area contributed by atoms with E-state index in [1.807, 2.05) is 78.9 Å². The van der Waals surface area contributed by atoms with Gasteiger partial charge in [0.2, 0.25) is 11.8 Å². The van der Waals surface area contributed by atoms with Gasteiger partial charge in [-0.05, 0) is 33.7 Å². The maximum Gasteiger partial charge on any atom is 0.238 e. The lowest BCUT2D eigenvalue weighted by Gasteiger charge is -2.22. The van der Waals surface area contributed by atoms with E-state index in [0.29, 0.717) is 5.69 Å². The first kappa shape index (κ1) is 20.2. The summed E-state index contributed by atoms with van der Waals surface area (Å²) >= 11 is 0. The van der Waals surface area contributed by atoms with E-state index in [1.165, 1.54) is 10.5 Å². The topological polar surface area (TPSA) is 37.4 Å². The molecule has 1 saturated carbocycles. The molecule has 0 spiro atoms. The van der Waals surface area contributed by atoms with E-state index in [0.717, 1.165) is 27.5 Å². The Morgan fingerprint density at radius 1 is 0.571 bits per heavy atom. The molecule has 2 amide bonds. The number of hydrogen-bond acceptors (Lipinski definition) is 2. The molecule has 2 fully saturated rings. The fourth-order valence-electron chi connectivity index (χ4n) is 6.45. The van der Waals surface area contributed by atoms with Gasteiger partial charge in [-0.15, -0.1) is 0 Å². The number of amides is 2. The van der Waals surface area contributed by atoms with E-state index >= 15 is 0 Å². The molecule has 0 N–H and O–H groups in total. The summed E-state index contributed by atoms with van der Waals surface area (Å²) in [6.45, 7) is 0. The highest BCUT2D eigenvalue weighted by molar-refractivity contribution is 6.26. The van der Waals surface area contributed by atoms with Gasteiger partial charge in [0.15, 0.2) is 0 Å². The zero-order valence-corrected chi connectivity index (χ0v) is 19.0. The molecule has 4 aromatic rings. The number of rotatable bonds is 3. The molecule has 1 heterocycles. The quantitative estimate of drug-likeness (QED) is 0.271. The number of carbonyl (C=O) groups is 2. The van der Waals surface area contributed by atoms with Crippen LogP contribution in [0.2, 0.25) is 0 Å². The third-order valence-electron chi connectivity index (χ3n) is 7.84. The van der Waals surface area contributed by atoms with E-state index in [9.17, 15) is 9.59 Å². The Labute approximate surface area is 204 Å². The number of fused-ring (bicyclic) bond motifs is 6. The molecule has 1 aliphatic heterocycles. The Kier molecular flexibility index (Phi) is 4.40. The monoisotopic (exact) mass is 453 g/mol. The van der Waals surface area contributed by atoms with Gasteiger partial charge in [-0.25, -0.2) is 4.90 Å². The highest BCUT2D eigenvalue weighted by Gasteiger charge is 2.62. The summed E-state index contributed by atoms with van der Waals surface area (Å²) in [5, 5.41) is 1.96. The molecule has 3 nitrogen and oxygen atoms in total. The molecular formula is C32H23NO2. The van der Waals surface area contributed by atoms with Crippen LogP contribution in [0.5, 0.6) is 0 Å². The number of imide groups is 1. The van der Waals surface area contributed by atoms with Crippen molar-refractivity contribution in [3.05, 3.63) is 132 Å². The van der Waals surface area contributed by atoms with Crippen molar-refractivity contribution in [2.45, 2.75) is 0 Å². The normalized spacial score (nSPS) is 24.5. The lowest BCUT2D eigenvalue weighted by Crippen LogP contribution is -2.33.